The van der Waals surface area contributed by atoms with Crippen molar-refractivity contribution in [3.05, 3.63) is 38.0 Å². The molecule has 0 rings (SSSR count). The molecule has 0 N–H and O–H groups in total. The molecule has 1 atom stereocenters. The zero-order valence-electron chi connectivity index (χ0n) is 17.7. The molecular formula is C22H36O7. The van der Waals surface area contributed by atoms with E-state index in [-0.39, 0.29) is 12.0 Å². The average Bonchev–Trinajstić information content (AvgIpc) is 2.74. The predicted octanol–water partition coefficient (Wildman–Crippen LogP) is 3.25. The second-order valence-electron chi connectivity index (χ2n) is 6.52. The molecule has 7 heteroatoms. The van der Waals surface area contributed by atoms with Crippen molar-refractivity contribution in [2.24, 2.45) is 5.41 Å². The van der Waals surface area contributed by atoms with E-state index in [0.29, 0.717) is 46.2 Å². The predicted molar refractivity (Wildman–Crippen MR) is 112 cm³/mol. The van der Waals surface area contributed by atoms with Gasteiger partial charge in [0.25, 0.3) is 0 Å². The fraction of sp³-hybridized carbons (Fsp3) is 0.636. The minimum Gasteiger partial charge on any atom is -0.463 e. The van der Waals surface area contributed by atoms with Crippen molar-refractivity contribution in [2.75, 3.05) is 52.9 Å². The summed E-state index contributed by atoms with van der Waals surface area (Å²) in [5.74, 6) is -0.876. The zero-order valence-corrected chi connectivity index (χ0v) is 17.7. The van der Waals surface area contributed by atoms with Crippen molar-refractivity contribution in [3.63, 3.8) is 0 Å². The van der Waals surface area contributed by atoms with Gasteiger partial charge in [-0.3, -0.25) is 0 Å². The first-order valence-corrected chi connectivity index (χ1v) is 9.96. The highest BCUT2D eigenvalue weighted by molar-refractivity contribution is 5.81. The number of carbonyl (C=O) groups is 2. The van der Waals surface area contributed by atoms with E-state index in [1.807, 2.05) is 0 Å². The van der Waals surface area contributed by atoms with Crippen LogP contribution >= 0.6 is 0 Å². The summed E-state index contributed by atoms with van der Waals surface area (Å²) in [6.45, 7) is 15.8. The van der Waals surface area contributed by atoms with Crippen LogP contribution in [-0.2, 0) is 33.3 Å². The van der Waals surface area contributed by atoms with Gasteiger partial charge in [0.15, 0.2) is 0 Å². The SMILES string of the molecule is C=CCOCCOCC(CC)(CCCCOC(=O)C=C)COCCOC(=O)C=C. The first kappa shape index (κ1) is 27.0. The summed E-state index contributed by atoms with van der Waals surface area (Å²) in [7, 11) is 0. The summed E-state index contributed by atoms with van der Waals surface area (Å²) in [5.41, 5.74) is -0.177. The van der Waals surface area contributed by atoms with Crippen molar-refractivity contribution in [1.82, 2.24) is 0 Å². The summed E-state index contributed by atoms with van der Waals surface area (Å²) >= 11 is 0. The number of esters is 2. The number of carbonyl (C=O) groups excluding carboxylic acids is 2. The van der Waals surface area contributed by atoms with Crippen LogP contribution in [0.2, 0.25) is 0 Å². The molecule has 0 fully saturated rings. The average molecular weight is 413 g/mol. The van der Waals surface area contributed by atoms with E-state index in [0.717, 1.165) is 37.8 Å². The Hall–Kier alpha value is -1.96. The number of hydrogen-bond acceptors (Lipinski definition) is 7. The summed E-state index contributed by atoms with van der Waals surface area (Å²) in [5, 5.41) is 0. The van der Waals surface area contributed by atoms with Crippen LogP contribution in [0.25, 0.3) is 0 Å². The molecule has 0 heterocycles. The van der Waals surface area contributed by atoms with Crippen LogP contribution in [0, 0.1) is 5.41 Å². The van der Waals surface area contributed by atoms with Gasteiger partial charge in [-0.25, -0.2) is 9.59 Å². The molecule has 0 amide bonds. The first-order valence-electron chi connectivity index (χ1n) is 9.96. The lowest BCUT2D eigenvalue weighted by atomic mass is 9.81. The summed E-state index contributed by atoms with van der Waals surface area (Å²) in [4.78, 5) is 22.2. The van der Waals surface area contributed by atoms with Crippen molar-refractivity contribution in [3.8, 4) is 0 Å². The second kappa shape index (κ2) is 18.1. The molecule has 0 aromatic rings. The van der Waals surface area contributed by atoms with Crippen LogP contribution in [-0.4, -0.2) is 64.8 Å². The van der Waals surface area contributed by atoms with Crippen molar-refractivity contribution in [1.29, 1.82) is 0 Å². The smallest absolute Gasteiger partial charge is 0.330 e. The quantitative estimate of drug-likeness (QED) is 0.131. The lowest BCUT2D eigenvalue weighted by Gasteiger charge is -2.32. The molecule has 7 nitrogen and oxygen atoms in total. The molecule has 0 bridgehead atoms. The molecule has 0 saturated carbocycles. The van der Waals surface area contributed by atoms with Gasteiger partial charge < -0.3 is 23.7 Å². The summed E-state index contributed by atoms with van der Waals surface area (Å²) in [6.07, 6.45) is 7.31. The van der Waals surface area contributed by atoms with E-state index in [2.05, 4.69) is 26.7 Å². The summed E-state index contributed by atoms with van der Waals surface area (Å²) < 4.78 is 26.9. The Morgan fingerprint density at radius 3 is 1.90 bits per heavy atom. The zero-order chi connectivity index (χ0) is 21.8. The monoisotopic (exact) mass is 412 g/mol. The molecule has 0 spiro atoms. The van der Waals surface area contributed by atoms with E-state index in [4.69, 9.17) is 23.7 Å². The van der Waals surface area contributed by atoms with Gasteiger partial charge in [-0.2, -0.15) is 0 Å². The van der Waals surface area contributed by atoms with Crippen LogP contribution in [0.3, 0.4) is 0 Å². The maximum Gasteiger partial charge on any atom is 0.330 e. The Balaban J connectivity index is 4.44. The number of rotatable bonds is 20. The number of ether oxygens (including phenoxy) is 5. The Morgan fingerprint density at radius 1 is 0.793 bits per heavy atom. The van der Waals surface area contributed by atoms with Crippen LogP contribution in [0.1, 0.15) is 32.6 Å². The van der Waals surface area contributed by atoms with E-state index < -0.39 is 11.9 Å². The minimum atomic E-state index is -0.465. The molecule has 0 aliphatic heterocycles. The second-order valence-corrected chi connectivity index (χ2v) is 6.52. The topological polar surface area (TPSA) is 80.3 Å². The van der Waals surface area contributed by atoms with Gasteiger partial charge in [-0.05, 0) is 25.7 Å². The standard InChI is InChI=1S/C22H36O7/c1-5-12-25-14-15-26-18-22(8-4,11-9-10-13-28-20(23)6-2)19-27-16-17-29-21(24)7-3/h5-7H,1-3,8-19H2,4H3. The number of hydrogen-bond donors (Lipinski definition) is 0. The molecule has 29 heavy (non-hydrogen) atoms. The molecule has 0 aromatic carbocycles. The Labute approximate surface area is 174 Å². The number of unbranched alkanes of at least 4 members (excludes halogenated alkanes) is 1. The van der Waals surface area contributed by atoms with Crippen molar-refractivity contribution in [2.45, 2.75) is 32.6 Å². The molecule has 0 radical (unpaired) electrons. The lowest BCUT2D eigenvalue weighted by molar-refractivity contribution is -0.140. The van der Waals surface area contributed by atoms with E-state index in [9.17, 15) is 9.59 Å². The maximum atomic E-state index is 11.1. The molecule has 0 aliphatic carbocycles. The van der Waals surface area contributed by atoms with Crippen LogP contribution < -0.4 is 0 Å². The van der Waals surface area contributed by atoms with E-state index in [1.54, 1.807) is 6.08 Å². The van der Waals surface area contributed by atoms with Gasteiger partial charge >= 0.3 is 11.9 Å². The largest absolute Gasteiger partial charge is 0.463 e. The summed E-state index contributed by atoms with van der Waals surface area (Å²) in [6, 6.07) is 0. The fourth-order valence-electron chi connectivity index (χ4n) is 2.52. The normalized spacial score (nSPS) is 12.6. The first-order chi connectivity index (χ1) is 14.0. The fourth-order valence-corrected chi connectivity index (χ4v) is 2.52. The highest BCUT2D eigenvalue weighted by atomic mass is 16.6. The third-order valence-electron chi connectivity index (χ3n) is 4.33. The molecule has 0 aliphatic rings. The Kier molecular flexibility index (Phi) is 16.9. The van der Waals surface area contributed by atoms with Crippen LogP contribution in [0.5, 0.6) is 0 Å². The molecule has 166 valence electrons. The third-order valence-corrected chi connectivity index (χ3v) is 4.33. The van der Waals surface area contributed by atoms with Gasteiger partial charge in [-0.15, -0.1) is 6.58 Å². The van der Waals surface area contributed by atoms with Gasteiger partial charge in [0.2, 0.25) is 0 Å². The van der Waals surface area contributed by atoms with Gasteiger partial charge in [-0.1, -0.05) is 26.2 Å². The van der Waals surface area contributed by atoms with Gasteiger partial charge in [0.05, 0.1) is 46.2 Å². The van der Waals surface area contributed by atoms with Gasteiger partial charge in [0.1, 0.15) is 6.61 Å². The van der Waals surface area contributed by atoms with Gasteiger partial charge in [0, 0.05) is 17.6 Å². The maximum absolute atomic E-state index is 11.1. The van der Waals surface area contributed by atoms with Crippen LogP contribution in [0.4, 0.5) is 0 Å². The molecule has 0 saturated heterocycles. The molecule has 0 aromatic heterocycles. The highest BCUT2D eigenvalue weighted by Crippen LogP contribution is 2.30. The third kappa shape index (κ3) is 14.7. The van der Waals surface area contributed by atoms with Crippen LogP contribution in [0.15, 0.2) is 38.0 Å². The highest BCUT2D eigenvalue weighted by Gasteiger charge is 2.28. The minimum absolute atomic E-state index is 0.177. The van der Waals surface area contributed by atoms with E-state index >= 15 is 0 Å². The molecular weight excluding hydrogens is 376 g/mol. The van der Waals surface area contributed by atoms with Crippen molar-refractivity contribution >= 4 is 11.9 Å². The van der Waals surface area contributed by atoms with E-state index in [1.165, 1.54) is 0 Å². The molecule has 1 unspecified atom stereocenters. The lowest BCUT2D eigenvalue weighted by Crippen LogP contribution is -2.33. The van der Waals surface area contributed by atoms with Crippen molar-refractivity contribution < 1.29 is 33.3 Å². The Bertz CT molecular complexity index is 458. The Morgan fingerprint density at radius 2 is 1.34 bits per heavy atom.